The predicted octanol–water partition coefficient (Wildman–Crippen LogP) is 4.72. The number of benzene rings is 1. The van der Waals surface area contributed by atoms with Crippen LogP contribution in [0.2, 0.25) is 10.0 Å². The van der Waals surface area contributed by atoms with Gasteiger partial charge in [0.2, 0.25) is 0 Å². The molecular formula is C17H24Cl2N2O2S. The molecule has 0 aliphatic carbocycles. The number of carbonyl (C=O) groups excluding carboxylic acids is 1. The minimum absolute atomic E-state index is 0.313. The Bertz CT molecular complexity index is 555. The number of unbranched alkanes of at least 4 members (excludes halogenated alkanes) is 4. The van der Waals surface area contributed by atoms with E-state index in [1.54, 1.807) is 25.1 Å². The van der Waals surface area contributed by atoms with E-state index in [2.05, 4.69) is 17.6 Å². The summed E-state index contributed by atoms with van der Waals surface area (Å²) < 4.78 is 5.54. The van der Waals surface area contributed by atoms with Crippen molar-refractivity contribution >= 4 is 46.4 Å². The Labute approximate surface area is 159 Å². The standard InChI is InChI=1S/C17H24Cl2N2O2S/c1-3-4-5-6-7-10-20-17(24)21-16(22)12(2)23-15-9-8-13(18)11-14(15)19/h8-9,11-12H,3-7,10H2,1-2H3,(H2,20,21,22,24). The second-order valence-electron chi connectivity index (χ2n) is 5.49. The van der Waals surface area contributed by atoms with Crippen molar-refractivity contribution in [3.8, 4) is 5.75 Å². The van der Waals surface area contributed by atoms with E-state index >= 15 is 0 Å². The lowest BCUT2D eigenvalue weighted by Crippen LogP contribution is -2.45. The highest BCUT2D eigenvalue weighted by Crippen LogP contribution is 2.28. The Balaban J connectivity index is 2.31. The third-order valence-electron chi connectivity index (χ3n) is 3.37. The maximum Gasteiger partial charge on any atom is 0.266 e. The van der Waals surface area contributed by atoms with Crippen LogP contribution in [0.4, 0.5) is 0 Å². The number of rotatable bonds is 9. The van der Waals surface area contributed by atoms with Crippen molar-refractivity contribution < 1.29 is 9.53 Å². The molecule has 1 rings (SSSR count). The predicted molar refractivity (Wildman–Crippen MR) is 104 cm³/mol. The second-order valence-corrected chi connectivity index (χ2v) is 6.75. The van der Waals surface area contributed by atoms with Gasteiger partial charge in [-0.25, -0.2) is 0 Å². The van der Waals surface area contributed by atoms with Crippen molar-refractivity contribution in [3.63, 3.8) is 0 Å². The molecule has 2 N–H and O–H groups in total. The van der Waals surface area contributed by atoms with Crippen LogP contribution >= 0.6 is 35.4 Å². The second kappa shape index (κ2) is 11.5. The van der Waals surface area contributed by atoms with Gasteiger partial charge in [-0.05, 0) is 43.8 Å². The van der Waals surface area contributed by atoms with E-state index in [4.69, 9.17) is 40.2 Å². The minimum Gasteiger partial charge on any atom is -0.479 e. The number of ether oxygens (including phenoxy) is 1. The summed E-state index contributed by atoms with van der Waals surface area (Å²) >= 11 is 17.0. The van der Waals surface area contributed by atoms with Gasteiger partial charge in [0.1, 0.15) is 5.75 Å². The van der Waals surface area contributed by atoms with Crippen LogP contribution in [0.15, 0.2) is 18.2 Å². The van der Waals surface area contributed by atoms with Crippen molar-refractivity contribution in [1.82, 2.24) is 10.6 Å². The minimum atomic E-state index is -0.729. The highest BCUT2D eigenvalue weighted by molar-refractivity contribution is 7.80. The van der Waals surface area contributed by atoms with Crippen LogP contribution in [0.3, 0.4) is 0 Å². The lowest BCUT2D eigenvalue weighted by atomic mass is 10.1. The summed E-state index contributed by atoms with van der Waals surface area (Å²) in [5, 5.41) is 6.83. The van der Waals surface area contributed by atoms with E-state index in [9.17, 15) is 4.79 Å². The molecular weight excluding hydrogens is 367 g/mol. The van der Waals surface area contributed by atoms with Gasteiger partial charge in [-0.1, -0.05) is 55.8 Å². The maximum atomic E-state index is 12.1. The summed E-state index contributed by atoms with van der Waals surface area (Å²) in [6, 6.07) is 4.84. The number of hydrogen-bond acceptors (Lipinski definition) is 3. The zero-order chi connectivity index (χ0) is 17.9. The van der Waals surface area contributed by atoms with Gasteiger partial charge >= 0.3 is 0 Å². The first-order valence-electron chi connectivity index (χ1n) is 8.14. The van der Waals surface area contributed by atoms with Gasteiger partial charge in [0, 0.05) is 11.6 Å². The highest BCUT2D eigenvalue weighted by Gasteiger charge is 2.17. The number of amides is 1. The molecule has 4 nitrogen and oxygen atoms in total. The largest absolute Gasteiger partial charge is 0.479 e. The molecule has 0 aliphatic rings. The fraction of sp³-hybridized carbons (Fsp3) is 0.529. The van der Waals surface area contributed by atoms with Gasteiger partial charge in [-0.3, -0.25) is 10.1 Å². The molecule has 1 aromatic carbocycles. The molecule has 0 aromatic heterocycles. The molecule has 1 aromatic rings. The normalized spacial score (nSPS) is 11.7. The van der Waals surface area contributed by atoms with Gasteiger partial charge in [0.25, 0.3) is 5.91 Å². The molecule has 1 atom stereocenters. The van der Waals surface area contributed by atoms with E-state index in [1.165, 1.54) is 19.3 Å². The zero-order valence-electron chi connectivity index (χ0n) is 14.0. The molecule has 0 saturated carbocycles. The van der Waals surface area contributed by atoms with E-state index in [0.717, 1.165) is 19.4 Å². The van der Waals surface area contributed by atoms with Crippen LogP contribution < -0.4 is 15.4 Å². The number of thiocarbonyl (C=S) groups is 1. The topological polar surface area (TPSA) is 50.4 Å². The molecule has 0 saturated heterocycles. The SMILES string of the molecule is CCCCCCCNC(=S)NC(=O)C(C)Oc1ccc(Cl)cc1Cl. The van der Waals surface area contributed by atoms with Crippen LogP contribution in [0.1, 0.15) is 46.0 Å². The Hall–Kier alpha value is -1.04. The third-order valence-corrected chi connectivity index (χ3v) is 4.15. The molecule has 0 spiro atoms. The van der Waals surface area contributed by atoms with E-state index in [0.29, 0.717) is 20.9 Å². The van der Waals surface area contributed by atoms with Crippen LogP contribution in [0, 0.1) is 0 Å². The smallest absolute Gasteiger partial charge is 0.266 e. The molecule has 1 amide bonds. The number of hydrogen-bond donors (Lipinski definition) is 2. The number of carbonyl (C=O) groups is 1. The Kier molecular flexibility index (Phi) is 10.1. The maximum absolute atomic E-state index is 12.1. The average molecular weight is 391 g/mol. The molecule has 0 aliphatic heterocycles. The number of halogens is 2. The monoisotopic (exact) mass is 390 g/mol. The molecule has 0 bridgehead atoms. The van der Waals surface area contributed by atoms with Gasteiger partial charge in [-0.15, -0.1) is 0 Å². The zero-order valence-corrected chi connectivity index (χ0v) is 16.4. The number of nitrogens with one attached hydrogen (secondary N) is 2. The Morgan fingerprint density at radius 3 is 2.62 bits per heavy atom. The molecule has 134 valence electrons. The lowest BCUT2D eigenvalue weighted by molar-refractivity contribution is -0.125. The Morgan fingerprint density at radius 2 is 1.96 bits per heavy atom. The van der Waals surface area contributed by atoms with Crippen molar-refractivity contribution in [1.29, 1.82) is 0 Å². The fourth-order valence-corrected chi connectivity index (χ4v) is 2.66. The average Bonchev–Trinajstić information content (AvgIpc) is 2.53. The fourth-order valence-electron chi connectivity index (χ4n) is 2.00. The van der Waals surface area contributed by atoms with Crippen LogP contribution in [0.5, 0.6) is 5.75 Å². The first kappa shape index (κ1) is 21.0. The van der Waals surface area contributed by atoms with Crippen molar-refractivity contribution in [3.05, 3.63) is 28.2 Å². The van der Waals surface area contributed by atoms with Gasteiger partial charge in [0.05, 0.1) is 5.02 Å². The molecule has 1 unspecified atom stereocenters. The Morgan fingerprint density at radius 1 is 1.25 bits per heavy atom. The van der Waals surface area contributed by atoms with Gasteiger partial charge in [0.15, 0.2) is 11.2 Å². The van der Waals surface area contributed by atoms with Crippen molar-refractivity contribution in [2.45, 2.75) is 52.1 Å². The summed E-state index contributed by atoms with van der Waals surface area (Å²) in [5.74, 6) is 0.0722. The van der Waals surface area contributed by atoms with Crippen molar-refractivity contribution in [2.24, 2.45) is 0 Å². The van der Waals surface area contributed by atoms with Gasteiger partial charge in [-0.2, -0.15) is 0 Å². The molecule has 0 fully saturated rings. The quantitative estimate of drug-likeness (QED) is 0.472. The third kappa shape index (κ3) is 8.18. The lowest BCUT2D eigenvalue weighted by Gasteiger charge is -2.16. The van der Waals surface area contributed by atoms with E-state index < -0.39 is 6.10 Å². The van der Waals surface area contributed by atoms with Crippen LogP contribution in [-0.2, 0) is 4.79 Å². The van der Waals surface area contributed by atoms with E-state index in [1.807, 2.05) is 0 Å². The van der Waals surface area contributed by atoms with Crippen LogP contribution in [0.25, 0.3) is 0 Å². The van der Waals surface area contributed by atoms with Gasteiger partial charge < -0.3 is 10.1 Å². The summed E-state index contributed by atoms with van der Waals surface area (Å²) in [7, 11) is 0. The van der Waals surface area contributed by atoms with Crippen LogP contribution in [-0.4, -0.2) is 23.7 Å². The molecule has 24 heavy (non-hydrogen) atoms. The molecule has 0 heterocycles. The first-order chi connectivity index (χ1) is 11.4. The summed E-state index contributed by atoms with van der Waals surface area (Å²) in [6.45, 7) is 4.57. The van der Waals surface area contributed by atoms with Crippen molar-refractivity contribution in [2.75, 3.05) is 6.54 Å². The van der Waals surface area contributed by atoms with E-state index in [-0.39, 0.29) is 5.91 Å². The highest BCUT2D eigenvalue weighted by atomic mass is 35.5. The summed E-state index contributed by atoms with van der Waals surface area (Å²) in [6.07, 6.45) is 5.16. The first-order valence-corrected chi connectivity index (χ1v) is 9.30. The summed E-state index contributed by atoms with van der Waals surface area (Å²) in [4.78, 5) is 12.1. The summed E-state index contributed by atoms with van der Waals surface area (Å²) in [5.41, 5.74) is 0. The molecule has 0 radical (unpaired) electrons. The molecule has 7 heteroatoms.